The molecular weight excluding hydrogens is 308 g/mol. The number of rotatable bonds is 5. The Balaban J connectivity index is 2.27. The van der Waals surface area contributed by atoms with Gasteiger partial charge < -0.3 is 15.2 Å². The molecule has 2 aromatic heterocycles. The maximum Gasteiger partial charge on any atom is 0.284 e. The summed E-state index contributed by atoms with van der Waals surface area (Å²) in [4.78, 5) is 15.4. The van der Waals surface area contributed by atoms with Gasteiger partial charge >= 0.3 is 0 Å². The third kappa shape index (κ3) is 4.86. The molecule has 0 radical (unpaired) electrons. The van der Waals surface area contributed by atoms with Crippen molar-refractivity contribution >= 4 is 5.82 Å². The quantitative estimate of drug-likeness (QED) is 0.815. The summed E-state index contributed by atoms with van der Waals surface area (Å²) in [5.41, 5.74) is -0.591. The van der Waals surface area contributed by atoms with Gasteiger partial charge in [0.15, 0.2) is 5.82 Å². The number of alkyl halides is 2. The van der Waals surface area contributed by atoms with Gasteiger partial charge in [-0.2, -0.15) is 0 Å². The summed E-state index contributed by atoms with van der Waals surface area (Å²) in [5, 5.41) is 12.1. The van der Waals surface area contributed by atoms with E-state index in [1.54, 1.807) is 20.8 Å². The van der Waals surface area contributed by atoms with Crippen LogP contribution in [0.5, 0.6) is 0 Å². The summed E-state index contributed by atoms with van der Waals surface area (Å²) in [6, 6.07) is 0. The molecule has 9 heteroatoms. The zero-order valence-electron chi connectivity index (χ0n) is 12.9. The lowest BCUT2D eigenvalue weighted by Crippen LogP contribution is -2.33. The van der Waals surface area contributed by atoms with E-state index >= 15 is 0 Å². The largest absolute Gasteiger partial charge is 0.351 e. The summed E-state index contributed by atoms with van der Waals surface area (Å²) in [5.74, 6) is -0.252. The molecule has 0 fully saturated rings. The topological polar surface area (TPSA) is 93.1 Å². The number of ether oxygens (including phenoxy) is 1. The average Bonchev–Trinajstić information content (AvgIpc) is 2.46. The Bertz CT molecular complexity index is 649. The summed E-state index contributed by atoms with van der Waals surface area (Å²) >= 11 is 0. The highest BCUT2D eigenvalue weighted by atomic mass is 19.3. The maximum absolute atomic E-state index is 13.2. The first-order chi connectivity index (χ1) is 10.8. The van der Waals surface area contributed by atoms with E-state index in [1.807, 2.05) is 0 Å². The Morgan fingerprint density at radius 3 is 2.39 bits per heavy atom. The third-order valence-electron chi connectivity index (χ3n) is 2.59. The first kappa shape index (κ1) is 17.1. The first-order valence-electron chi connectivity index (χ1n) is 6.79. The monoisotopic (exact) mass is 325 g/mol. The molecule has 0 aliphatic heterocycles. The van der Waals surface area contributed by atoms with Gasteiger partial charge in [0.25, 0.3) is 6.43 Å². The maximum atomic E-state index is 13.2. The zero-order chi connectivity index (χ0) is 17.0. The van der Waals surface area contributed by atoms with Crippen LogP contribution in [-0.2, 0) is 4.74 Å². The van der Waals surface area contributed by atoms with E-state index in [-0.39, 0.29) is 11.5 Å². The number of hydrogen-bond donors (Lipinski definition) is 2. The lowest BCUT2D eigenvalue weighted by atomic mass is 10.2. The van der Waals surface area contributed by atoms with E-state index in [9.17, 15) is 13.9 Å². The van der Waals surface area contributed by atoms with Crippen molar-refractivity contribution in [2.75, 3.05) is 5.32 Å². The Hall–Kier alpha value is -2.26. The molecule has 2 N–H and O–H groups in total. The van der Waals surface area contributed by atoms with Gasteiger partial charge in [-0.15, -0.1) is 0 Å². The molecule has 0 aliphatic carbocycles. The number of aromatic nitrogens is 4. The molecule has 1 unspecified atom stereocenters. The third-order valence-corrected chi connectivity index (χ3v) is 2.59. The van der Waals surface area contributed by atoms with Crippen LogP contribution in [0.4, 0.5) is 14.6 Å². The molecule has 23 heavy (non-hydrogen) atoms. The Morgan fingerprint density at radius 1 is 1.17 bits per heavy atom. The molecule has 0 spiro atoms. The number of halogens is 2. The molecule has 0 aliphatic rings. The van der Waals surface area contributed by atoms with Gasteiger partial charge in [-0.05, 0) is 20.8 Å². The van der Waals surface area contributed by atoms with Crippen LogP contribution in [0.25, 0.3) is 11.3 Å². The molecule has 124 valence electrons. The van der Waals surface area contributed by atoms with Crippen LogP contribution in [0.1, 0.15) is 32.9 Å². The molecule has 0 saturated heterocycles. The van der Waals surface area contributed by atoms with Crippen molar-refractivity contribution in [3.63, 3.8) is 0 Å². The van der Waals surface area contributed by atoms with Crippen molar-refractivity contribution < 1.29 is 18.6 Å². The number of aliphatic hydroxyl groups excluding tert-OH is 1. The molecule has 1 atom stereocenters. The SMILES string of the molecule is CC(C)(C)OC(O)Nc1ncc(-c2cncnc2)nc1C(F)F. The van der Waals surface area contributed by atoms with Crippen LogP contribution in [-0.4, -0.2) is 37.1 Å². The number of nitrogens with zero attached hydrogens (tertiary/aromatic N) is 4. The number of aliphatic hydroxyl groups is 1. The van der Waals surface area contributed by atoms with Crippen LogP contribution in [0, 0.1) is 0 Å². The van der Waals surface area contributed by atoms with Gasteiger partial charge in [0, 0.05) is 18.0 Å². The Morgan fingerprint density at radius 2 is 1.83 bits per heavy atom. The van der Waals surface area contributed by atoms with Crippen LogP contribution in [0.3, 0.4) is 0 Å². The average molecular weight is 325 g/mol. The van der Waals surface area contributed by atoms with Gasteiger partial charge in [0.1, 0.15) is 12.0 Å². The Kier molecular flexibility index (Phi) is 5.12. The van der Waals surface area contributed by atoms with Crippen molar-refractivity contribution in [2.45, 2.75) is 39.2 Å². The fraction of sp³-hybridized carbons (Fsp3) is 0.429. The van der Waals surface area contributed by atoms with E-state index in [0.717, 1.165) is 0 Å². The highest BCUT2D eigenvalue weighted by Gasteiger charge is 2.22. The summed E-state index contributed by atoms with van der Waals surface area (Å²) in [7, 11) is 0. The van der Waals surface area contributed by atoms with E-state index in [2.05, 4.69) is 25.3 Å². The molecule has 0 amide bonds. The van der Waals surface area contributed by atoms with Gasteiger partial charge in [0.05, 0.1) is 17.5 Å². The number of nitrogens with one attached hydrogen (secondary N) is 1. The highest BCUT2D eigenvalue weighted by molar-refractivity contribution is 5.58. The van der Waals surface area contributed by atoms with Crippen LogP contribution in [0.2, 0.25) is 0 Å². The molecule has 0 aromatic carbocycles. The van der Waals surface area contributed by atoms with Crippen molar-refractivity contribution in [3.05, 3.63) is 30.6 Å². The Labute approximate surface area is 131 Å². The normalized spacial score (nSPS) is 13.2. The van der Waals surface area contributed by atoms with Gasteiger partial charge in [-0.1, -0.05) is 0 Å². The fourth-order valence-electron chi connectivity index (χ4n) is 1.72. The zero-order valence-corrected chi connectivity index (χ0v) is 12.9. The van der Waals surface area contributed by atoms with E-state index < -0.39 is 24.1 Å². The number of hydrogen-bond acceptors (Lipinski definition) is 7. The fourth-order valence-corrected chi connectivity index (χ4v) is 1.72. The highest BCUT2D eigenvalue weighted by Crippen LogP contribution is 2.27. The minimum absolute atomic E-state index is 0.206. The van der Waals surface area contributed by atoms with Crippen molar-refractivity contribution in [2.24, 2.45) is 0 Å². The summed E-state index contributed by atoms with van der Waals surface area (Å²) < 4.78 is 31.6. The lowest BCUT2D eigenvalue weighted by Gasteiger charge is -2.25. The molecule has 2 rings (SSSR count). The molecule has 2 aromatic rings. The van der Waals surface area contributed by atoms with Gasteiger partial charge in [0.2, 0.25) is 6.41 Å². The molecule has 7 nitrogen and oxygen atoms in total. The summed E-state index contributed by atoms with van der Waals surface area (Å²) in [6.45, 7) is 5.16. The van der Waals surface area contributed by atoms with Crippen molar-refractivity contribution in [3.8, 4) is 11.3 Å². The standard InChI is InChI=1S/C14H17F2N5O2/c1-14(2,3)23-13(22)21-12-10(11(15)16)20-9(6-19-12)8-4-17-7-18-5-8/h4-7,11,13,22H,1-3H3,(H,19,21). The second-order valence-corrected chi connectivity index (χ2v) is 5.64. The second-order valence-electron chi connectivity index (χ2n) is 5.64. The second kappa shape index (κ2) is 6.88. The van der Waals surface area contributed by atoms with E-state index in [1.165, 1.54) is 24.9 Å². The molecular formula is C14H17F2N5O2. The lowest BCUT2D eigenvalue weighted by molar-refractivity contribution is -0.149. The molecule has 0 saturated carbocycles. The molecule has 0 bridgehead atoms. The van der Waals surface area contributed by atoms with Crippen LogP contribution in [0.15, 0.2) is 24.9 Å². The van der Waals surface area contributed by atoms with Crippen molar-refractivity contribution in [1.29, 1.82) is 0 Å². The van der Waals surface area contributed by atoms with Gasteiger partial charge in [-0.3, -0.25) is 0 Å². The first-order valence-corrected chi connectivity index (χ1v) is 6.79. The van der Waals surface area contributed by atoms with Gasteiger partial charge in [-0.25, -0.2) is 28.7 Å². The minimum Gasteiger partial charge on any atom is -0.351 e. The van der Waals surface area contributed by atoms with E-state index in [0.29, 0.717) is 5.56 Å². The van der Waals surface area contributed by atoms with Crippen molar-refractivity contribution in [1.82, 2.24) is 19.9 Å². The predicted octanol–water partition coefficient (Wildman–Crippen LogP) is 2.37. The van der Waals surface area contributed by atoms with Crippen LogP contribution >= 0.6 is 0 Å². The summed E-state index contributed by atoms with van der Waals surface area (Å²) in [6.07, 6.45) is 1.12. The smallest absolute Gasteiger partial charge is 0.284 e. The van der Waals surface area contributed by atoms with Crippen LogP contribution < -0.4 is 5.32 Å². The minimum atomic E-state index is -2.88. The van der Waals surface area contributed by atoms with E-state index in [4.69, 9.17) is 4.74 Å². The predicted molar refractivity (Wildman–Crippen MR) is 78.5 cm³/mol. The molecule has 2 heterocycles. The number of anilines is 1.